The van der Waals surface area contributed by atoms with Crippen LogP contribution in [-0.4, -0.2) is 29.8 Å². The number of benzene rings is 1. The molecule has 0 spiro atoms. The molecule has 0 unspecified atom stereocenters. The number of nitrogens with two attached hydrogens (primary N) is 1. The van der Waals surface area contributed by atoms with Gasteiger partial charge in [-0.25, -0.2) is 9.78 Å². The average Bonchev–Trinajstić information content (AvgIpc) is 2.79. The van der Waals surface area contributed by atoms with E-state index in [-0.39, 0.29) is 34.2 Å². The monoisotopic (exact) mass is 377 g/mol. The molecular formula is C15H18F3N3O3S. The van der Waals surface area contributed by atoms with Crippen molar-refractivity contribution < 1.29 is 27.4 Å². The summed E-state index contributed by atoms with van der Waals surface area (Å²) in [4.78, 5) is 15.2. The van der Waals surface area contributed by atoms with Crippen molar-refractivity contribution in [3.05, 3.63) is 17.7 Å². The molecule has 138 valence electrons. The third kappa shape index (κ3) is 5.38. The van der Waals surface area contributed by atoms with Gasteiger partial charge in [-0.2, -0.15) is 13.2 Å². The Balaban J connectivity index is 2.03. The summed E-state index contributed by atoms with van der Waals surface area (Å²) in [5, 5.41) is 2.50. The zero-order valence-electron chi connectivity index (χ0n) is 13.9. The van der Waals surface area contributed by atoms with Crippen LogP contribution in [0.3, 0.4) is 0 Å². The van der Waals surface area contributed by atoms with Crippen molar-refractivity contribution in [2.45, 2.75) is 32.5 Å². The molecule has 1 heterocycles. The van der Waals surface area contributed by atoms with Crippen LogP contribution in [0.2, 0.25) is 0 Å². The molecule has 0 atom stereocenters. The second-order valence-corrected chi connectivity index (χ2v) is 7.21. The number of ether oxygens (including phenoxy) is 2. The highest BCUT2D eigenvalue weighted by atomic mass is 32.1. The van der Waals surface area contributed by atoms with E-state index in [1.54, 1.807) is 20.8 Å². The molecule has 2 rings (SSSR count). The predicted molar refractivity (Wildman–Crippen MR) is 88.8 cm³/mol. The van der Waals surface area contributed by atoms with Crippen molar-refractivity contribution in [3.63, 3.8) is 0 Å². The number of hydrogen-bond donors (Lipinski definition) is 2. The van der Waals surface area contributed by atoms with Crippen LogP contribution in [-0.2, 0) is 10.9 Å². The van der Waals surface area contributed by atoms with Crippen LogP contribution in [0.1, 0.15) is 26.3 Å². The highest BCUT2D eigenvalue weighted by molar-refractivity contribution is 7.22. The Kier molecular flexibility index (Phi) is 5.31. The minimum atomic E-state index is -4.58. The molecule has 0 aliphatic rings. The molecule has 10 heteroatoms. The Morgan fingerprint density at radius 1 is 1.32 bits per heavy atom. The molecule has 0 aliphatic carbocycles. The van der Waals surface area contributed by atoms with Gasteiger partial charge in [0.05, 0.1) is 22.3 Å². The summed E-state index contributed by atoms with van der Waals surface area (Å²) >= 11 is 0.944. The molecule has 25 heavy (non-hydrogen) atoms. The van der Waals surface area contributed by atoms with Crippen LogP contribution in [0.25, 0.3) is 10.2 Å². The number of amides is 1. The highest BCUT2D eigenvalue weighted by Crippen LogP contribution is 2.39. The van der Waals surface area contributed by atoms with Crippen LogP contribution in [0.5, 0.6) is 5.75 Å². The number of thiazole rings is 1. The van der Waals surface area contributed by atoms with E-state index >= 15 is 0 Å². The Labute approximate surface area is 146 Å². The van der Waals surface area contributed by atoms with Gasteiger partial charge in [-0.05, 0) is 32.9 Å². The fraction of sp³-hybridized carbons (Fsp3) is 0.467. The van der Waals surface area contributed by atoms with E-state index in [1.807, 2.05) is 0 Å². The Bertz CT molecular complexity index is 769. The number of fused-ring (bicyclic) bond motifs is 1. The Morgan fingerprint density at radius 2 is 2.00 bits per heavy atom. The topological polar surface area (TPSA) is 86.5 Å². The normalized spacial score (nSPS) is 12.2. The Hall–Kier alpha value is -2.23. The van der Waals surface area contributed by atoms with Crippen molar-refractivity contribution in [1.29, 1.82) is 0 Å². The lowest BCUT2D eigenvalue weighted by atomic mass is 10.2. The van der Waals surface area contributed by atoms with E-state index in [1.165, 1.54) is 6.07 Å². The molecule has 0 fully saturated rings. The maximum absolute atomic E-state index is 13.2. The number of alkyl halides is 3. The van der Waals surface area contributed by atoms with Crippen LogP contribution in [0.15, 0.2) is 12.1 Å². The smallest absolute Gasteiger partial charge is 0.418 e. The lowest BCUT2D eigenvalue weighted by Crippen LogP contribution is -2.34. The molecule has 2 aromatic rings. The summed E-state index contributed by atoms with van der Waals surface area (Å²) in [6.45, 7) is 5.22. The number of nitrogens with zero attached hydrogens (tertiary/aromatic N) is 1. The summed E-state index contributed by atoms with van der Waals surface area (Å²) in [6.07, 6.45) is -5.20. The molecule has 6 nitrogen and oxygen atoms in total. The second-order valence-electron chi connectivity index (χ2n) is 6.14. The molecule has 0 saturated carbocycles. The van der Waals surface area contributed by atoms with E-state index in [4.69, 9.17) is 15.2 Å². The van der Waals surface area contributed by atoms with Gasteiger partial charge in [0, 0.05) is 0 Å². The quantitative estimate of drug-likeness (QED) is 0.792. The van der Waals surface area contributed by atoms with Crippen molar-refractivity contribution in [1.82, 2.24) is 10.3 Å². The average molecular weight is 377 g/mol. The minimum Gasteiger partial charge on any atom is -0.492 e. The minimum absolute atomic E-state index is 0.0175. The number of nitrogen functional groups attached to an aromatic ring is 1. The molecule has 0 aliphatic heterocycles. The van der Waals surface area contributed by atoms with Crippen molar-refractivity contribution in [3.8, 4) is 5.75 Å². The largest absolute Gasteiger partial charge is 0.492 e. The molecule has 1 aromatic heterocycles. The zero-order chi connectivity index (χ0) is 18.8. The summed E-state index contributed by atoms with van der Waals surface area (Å²) in [5.41, 5.74) is 3.75. The fourth-order valence-corrected chi connectivity index (χ4v) is 2.75. The first-order valence-corrected chi connectivity index (χ1v) is 8.14. The number of anilines is 1. The molecule has 1 amide bonds. The van der Waals surface area contributed by atoms with E-state index in [9.17, 15) is 18.0 Å². The number of aromatic nitrogens is 1. The maximum atomic E-state index is 13.2. The summed E-state index contributed by atoms with van der Waals surface area (Å²) < 4.78 is 50.1. The van der Waals surface area contributed by atoms with Gasteiger partial charge in [-0.1, -0.05) is 11.3 Å². The van der Waals surface area contributed by atoms with Crippen molar-refractivity contribution in [2.24, 2.45) is 0 Å². The predicted octanol–water partition coefficient (Wildman–Crippen LogP) is 3.80. The van der Waals surface area contributed by atoms with E-state index in [2.05, 4.69) is 10.3 Å². The Morgan fingerprint density at radius 3 is 2.60 bits per heavy atom. The summed E-state index contributed by atoms with van der Waals surface area (Å²) in [6, 6.07) is 2.31. The SMILES string of the molecule is CC(C)(C)OC(=O)NCCOc1cc(C(F)(F)F)c2nc(N)sc2c1. The standard InChI is InChI=1S/C15H18F3N3O3S/c1-14(2,3)24-13(22)20-4-5-23-8-6-9(15(16,17)18)11-10(7-8)25-12(19)21-11/h6-7H,4-5H2,1-3H3,(H2,19,21)(H,20,22). The van der Waals surface area contributed by atoms with Gasteiger partial charge in [0.1, 0.15) is 18.0 Å². The summed E-state index contributed by atoms with van der Waals surface area (Å²) in [5.74, 6) is 0.0227. The van der Waals surface area contributed by atoms with Gasteiger partial charge >= 0.3 is 12.3 Å². The van der Waals surface area contributed by atoms with E-state index < -0.39 is 23.4 Å². The van der Waals surface area contributed by atoms with Crippen LogP contribution >= 0.6 is 11.3 Å². The number of alkyl carbamates (subject to hydrolysis) is 1. The highest BCUT2D eigenvalue weighted by Gasteiger charge is 2.34. The van der Waals surface area contributed by atoms with Crippen LogP contribution < -0.4 is 15.8 Å². The number of rotatable bonds is 4. The van der Waals surface area contributed by atoms with Crippen LogP contribution in [0.4, 0.5) is 23.1 Å². The van der Waals surface area contributed by atoms with Gasteiger partial charge in [-0.3, -0.25) is 0 Å². The maximum Gasteiger partial charge on any atom is 0.418 e. The molecule has 0 radical (unpaired) electrons. The number of hydrogen-bond acceptors (Lipinski definition) is 6. The molecule has 0 saturated heterocycles. The number of halogens is 3. The zero-order valence-corrected chi connectivity index (χ0v) is 14.7. The second kappa shape index (κ2) is 6.95. The molecular weight excluding hydrogens is 359 g/mol. The molecule has 1 aromatic carbocycles. The lowest BCUT2D eigenvalue weighted by molar-refractivity contribution is -0.136. The van der Waals surface area contributed by atoms with Crippen LogP contribution in [0, 0.1) is 0 Å². The first kappa shape index (κ1) is 19.1. The fourth-order valence-electron chi connectivity index (χ4n) is 1.96. The first-order chi connectivity index (χ1) is 11.5. The van der Waals surface area contributed by atoms with Gasteiger partial charge in [0.15, 0.2) is 5.13 Å². The van der Waals surface area contributed by atoms with E-state index in [0.29, 0.717) is 0 Å². The lowest BCUT2D eigenvalue weighted by Gasteiger charge is -2.19. The third-order valence-electron chi connectivity index (χ3n) is 2.83. The van der Waals surface area contributed by atoms with Gasteiger partial charge in [-0.15, -0.1) is 0 Å². The molecule has 3 N–H and O–H groups in total. The number of nitrogens with one attached hydrogen (secondary N) is 1. The van der Waals surface area contributed by atoms with Crippen molar-refractivity contribution >= 4 is 32.8 Å². The van der Waals surface area contributed by atoms with Gasteiger partial charge in [0.2, 0.25) is 0 Å². The van der Waals surface area contributed by atoms with Gasteiger partial charge < -0.3 is 20.5 Å². The van der Waals surface area contributed by atoms with Crippen molar-refractivity contribution in [2.75, 3.05) is 18.9 Å². The molecule has 0 bridgehead atoms. The third-order valence-corrected chi connectivity index (χ3v) is 3.66. The number of carbonyl (C=O) groups excluding carboxylic acids is 1. The number of carbonyl (C=O) groups is 1. The van der Waals surface area contributed by atoms with Gasteiger partial charge in [0.25, 0.3) is 0 Å². The summed E-state index contributed by atoms with van der Waals surface area (Å²) in [7, 11) is 0. The first-order valence-electron chi connectivity index (χ1n) is 7.32. The van der Waals surface area contributed by atoms with E-state index in [0.717, 1.165) is 17.4 Å².